The van der Waals surface area contributed by atoms with Crippen LogP contribution in [0.2, 0.25) is 0 Å². The molecule has 19 heavy (non-hydrogen) atoms. The van der Waals surface area contributed by atoms with Gasteiger partial charge >= 0.3 is 0 Å². The third-order valence-corrected chi connectivity index (χ3v) is 2.69. The lowest BCUT2D eigenvalue weighted by atomic mass is 10.2. The molecule has 0 radical (unpaired) electrons. The Kier molecular flexibility index (Phi) is 3.02. The SMILES string of the molecule is Cc1ccc(NCc2nnc(-c3ccco3)o2)cc1. The van der Waals surface area contributed by atoms with Gasteiger partial charge in [0.15, 0.2) is 5.76 Å². The number of benzene rings is 1. The lowest BCUT2D eigenvalue weighted by molar-refractivity contribution is 0.486. The van der Waals surface area contributed by atoms with Gasteiger partial charge in [0.1, 0.15) is 0 Å². The van der Waals surface area contributed by atoms with Gasteiger partial charge in [0.05, 0.1) is 12.8 Å². The molecule has 96 valence electrons. The topological polar surface area (TPSA) is 64.1 Å². The van der Waals surface area contributed by atoms with E-state index in [1.807, 2.05) is 24.3 Å². The Bertz CT molecular complexity index is 642. The van der Waals surface area contributed by atoms with Crippen molar-refractivity contribution < 1.29 is 8.83 Å². The van der Waals surface area contributed by atoms with Crippen LogP contribution in [0.25, 0.3) is 11.7 Å². The molecular weight excluding hydrogens is 242 g/mol. The fourth-order valence-electron chi connectivity index (χ4n) is 1.67. The van der Waals surface area contributed by atoms with Crippen LogP contribution >= 0.6 is 0 Å². The average Bonchev–Trinajstić information content (AvgIpc) is 3.09. The Balaban J connectivity index is 1.66. The molecule has 0 fully saturated rings. The van der Waals surface area contributed by atoms with Crippen molar-refractivity contribution in [3.05, 3.63) is 54.1 Å². The second kappa shape index (κ2) is 4.97. The highest BCUT2D eigenvalue weighted by Crippen LogP contribution is 2.18. The van der Waals surface area contributed by atoms with Crippen LogP contribution in [-0.2, 0) is 6.54 Å². The molecule has 5 nitrogen and oxygen atoms in total. The van der Waals surface area contributed by atoms with Crippen molar-refractivity contribution in [2.24, 2.45) is 0 Å². The predicted octanol–water partition coefficient (Wildman–Crippen LogP) is 3.25. The molecule has 3 rings (SSSR count). The maximum Gasteiger partial charge on any atom is 0.283 e. The number of nitrogens with one attached hydrogen (secondary N) is 1. The Labute approximate surface area is 110 Å². The maximum atomic E-state index is 5.50. The molecule has 0 saturated heterocycles. The molecule has 2 heterocycles. The van der Waals surface area contributed by atoms with Gasteiger partial charge in [-0.05, 0) is 31.2 Å². The number of aryl methyl sites for hydroxylation is 1. The molecule has 1 N–H and O–H groups in total. The van der Waals surface area contributed by atoms with Crippen molar-refractivity contribution in [1.29, 1.82) is 0 Å². The molecule has 0 unspecified atom stereocenters. The van der Waals surface area contributed by atoms with Crippen LogP contribution in [0.4, 0.5) is 5.69 Å². The first kappa shape index (κ1) is 11.5. The highest BCUT2D eigenvalue weighted by molar-refractivity contribution is 5.45. The lowest BCUT2D eigenvalue weighted by Gasteiger charge is -2.03. The molecule has 5 heteroatoms. The number of aromatic nitrogens is 2. The quantitative estimate of drug-likeness (QED) is 0.775. The summed E-state index contributed by atoms with van der Waals surface area (Å²) in [5.74, 6) is 1.49. The van der Waals surface area contributed by atoms with E-state index in [1.54, 1.807) is 18.4 Å². The normalized spacial score (nSPS) is 10.6. The van der Waals surface area contributed by atoms with E-state index in [1.165, 1.54) is 5.56 Å². The van der Waals surface area contributed by atoms with E-state index in [-0.39, 0.29) is 0 Å². The molecule has 0 aliphatic carbocycles. The smallest absolute Gasteiger partial charge is 0.283 e. The third-order valence-electron chi connectivity index (χ3n) is 2.69. The van der Waals surface area contributed by atoms with E-state index in [0.717, 1.165) is 5.69 Å². The van der Waals surface area contributed by atoms with E-state index < -0.39 is 0 Å². The zero-order chi connectivity index (χ0) is 13.1. The standard InChI is InChI=1S/C14H13N3O2/c1-10-4-6-11(7-5-10)15-9-13-16-17-14(19-13)12-3-2-8-18-12/h2-8,15H,9H2,1H3. The largest absolute Gasteiger partial charge is 0.459 e. The summed E-state index contributed by atoms with van der Waals surface area (Å²) in [5.41, 5.74) is 2.24. The minimum Gasteiger partial charge on any atom is -0.459 e. The first-order valence-electron chi connectivity index (χ1n) is 5.98. The monoisotopic (exact) mass is 255 g/mol. The van der Waals surface area contributed by atoms with Crippen molar-refractivity contribution >= 4 is 5.69 Å². The third kappa shape index (κ3) is 2.65. The van der Waals surface area contributed by atoms with Crippen molar-refractivity contribution in [2.45, 2.75) is 13.5 Å². The van der Waals surface area contributed by atoms with E-state index in [2.05, 4.69) is 22.4 Å². The molecular formula is C14H13N3O2. The Morgan fingerprint density at radius 2 is 1.95 bits per heavy atom. The number of hydrogen-bond donors (Lipinski definition) is 1. The summed E-state index contributed by atoms with van der Waals surface area (Å²) in [6.45, 7) is 2.54. The summed E-state index contributed by atoms with van der Waals surface area (Å²) in [7, 11) is 0. The first-order valence-corrected chi connectivity index (χ1v) is 5.98. The molecule has 0 saturated carbocycles. The van der Waals surface area contributed by atoms with Gasteiger partial charge in [-0.2, -0.15) is 0 Å². The van der Waals surface area contributed by atoms with Crippen LogP contribution in [-0.4, -0.2) is 10.2 Å². The molecule has 1 aromatic carbocycles. The number of rotatable bonds is 4. The van der Waals surface area contributed by atoms with Crippen molar-refractivity contribution in [3.63, 3.8) is 0 Å². The average molecular weight is 255 g/mol. The Morgan fingerprint density at radius 3 is 2.68 bits per heavy atom. The highest BCUT2D eigenvalue weighted by Gasteiger charge is 2.10. The van der Waals surface area contributed by atoms with Crippen molar-refractivity contribution in [3.8, 4) is 11.7 Å². The minimum absolute atomic E-state index is 0.394. The van der Waals surface area contributed by atoms with Crippen LogP contribution in [0.3, 0.4) is 0 Å². The van der Waals surface area contributed by atoms with Gasteiger partial charge < -0.3 is 14.2 Å². The second-order valence-corrected chi connectivity index (χ2v) is 4.20. The van der Waals surface area contributed by atoms with Crippen molar-refractivity contribution in [1.82, 2.24) is 10.2 Å². The summed E-state index contributed by atoms with van der Waals surface area (Å²) in [6.07, 6.45) is 1.57. The van der Waals surface area contributed by atoms with Crippen LogP contribution in [0.1, 0.15) is 11.5 Å². The first-order chi connectivity index (χ1) is 9.31. The van der Waals surface area contributed by atoms with Gasteiger partial charge in [-0.3, -0.25) is 0 Å². The zero-order valence-electron chi connectivity index (χ0n) is 10.5. The Hall–Kier alpha value is -2.56. The molecule has 0 atom stereocenters. The van der Waals surface area contributed by atoms with Gasteiger partial charge in [-0.15, -0.1) is 10.2 Å². The second-order valence-electron chi connectivity index (χ2n) is 4.20. The summed E-state index contributed by atoms with van der Waals surface area (Å²) in [4.78, 5) is 0. The van der Waals surface area contributed by atoms with E-state index >= 15 is 0 Å². The number of anilines is 1. The summed E-state index contributed by atoms with van der Waals surface area (Å²) < 4.78 is 10.7. The van der Waals surface area contributed by atoms with Crippen LogP contribution in [0.5, 0.6) is 0 Å². The predicted molar refractivity (Wildman–Crippen MR) is 70.5 cm³/mol. The molecule has 2 aromatic heterocycles. The fourth-order valence-corrected chi connectivity index (χ4v) is 1.67. The maximum absolute atomic E-state index is 5.50. The molecule has 0 bridgehead atoms. The van der Waals surface area contributed by atoms with E-state index in [9.17, 15) is 0 Å². The Morgan fingerprint density at radius 1 is 1.11 bits per heavy atom. The van der Waals surface area contributed by atoms with E-state index in [4.69, 9.17) is 8.83 Å². The molecule has 0 aliphatic heterocycles. The van der Waals surface area contributed by atoms with E-state index in [0.29, 0.717) is 24.1 Å². The van der Waals surface area contributed by atoms with Crippen molar-refractivity contribution in [2.75, 3.05) is 5.32 Å². The molecule has 0 aliphatic rings. The van der Waals surface area contributed by atoms with Gasteiger partial charge in [0.25, 0.3) is 5.89 Å². The number of nitrogens with zero attached hydrogens (tertiary/aromatic N) is 2. The minimum atomic E-state index is 0.394. The van der Waals surface area contributed by atoms with Crippen LogP contribution in [0.15, 0.2) is 51.5 Å². The molecule has 0 amide bonds. The number of hydrogen-bond acceptors (Lipinski definition) is 5. The lowest BCUT2D eigenvalue weighted by Crippen LogP contribution is -1.99. The highest BCUT2D eigenvalue weighted by atomic mass is 16.4. The summed E-state index contributed by atoms with van der Waals surface area (Å²) in [6, 6.07) is 11.7. The summed E-state index contributed by atoms with van der Waals surface area (Å²) in [5, 5.41) is 11.1. The number of furan rings is 1. The molecule has 0 spiro atoms. The van der Waals surface area contributed by atoms with Crippen LogP contribution < -0.4 is 5.32 Å². The summed E-state index contributed by atoms with van der Waals surface area (Å²) >= 11 is 0. The fraction of sp³-hybridized carbons (Fsp3) is 0.143. The zero-order valence-corrected chi connectivity index (χ0v) is 10.5. The van der Waals surface area contributed by atoms with Gasteiger partial charge in [0, 0.05) is 5.69 Å². The van der Waals surface area contributed by atoms with Gasteiger partial charge in [-0.25, -0.2) is 0 Å². The van der Waals surface area contributed by atoms with Crippen LogP contribution in [0, 0.1) is 6.92 Å². The van der Waals surface area contributed by atoms with Gasteiger partial charge in [0.2, 0.25) is 5.89 Å². The van der Waals surface area contributed by atoms with Gasteiger partial charge in [-0.1, -0.05) is 17.7 Å². The molecule has 3 aromatic rings.